The largest absolute Gasteiger partial charge is 0.497 e. The van der Waals surface area contributed by atoms with Gasteiger partial charge in [-0.15, -0.1) is 0 Å². The molecule has 1 unspecified atom stereocenters. The number of ether oxygens (including phenoxy) is 2. The van der Waals surface area contributed by atoms with Crippen LogP contribution in [0.3, 0.4) is 0 Å². The predicted octanol–water partition coefficient (Wildman–Crippen LogP) is 6.73. The zero-order chi connectivity index (χ0) is 34.1. The van der Waals surface area contributed by atoms with Gasteiger partial charge in [0.25, 0.3) is 5.91 Å². The number of carbonyl (C=O) groups excluding carboxylic acids is 2. The number of aryl methyl sites for hydroxylation is 2. The number of hydrogen-bond acceptors (Lipinski definition) is 8. The van der Waals surface area contributed by atoms with Crippen LogP contribution in [0.1, 0.15) is 73.0 Å². The van der Waals surface area contributed by atoms with Crippen molar-refractivity contribution in [2.45, 2.75) is 60.0 Å². The summed E-state index contributed by atoms with van der Waals surface area (Å²) in [4.78, 5) is 35.2. The maximum absolute atomic E-state index is 14.1. The molecule has 0 aliphatic rings. The molecule has 248 valence electrons. The van der Waals surface area contributed by atoms with Crippen molar-refractivity contribution in [1.82, 2.24) is 20.6 Å². The van der Waals surface area contributed by atoms with E-state index in [1.807, 2.05) is 80.6 Å². The molecule has 2 aromatic carbocycles. The van der Waals surface area contributed by atoms with E-state index in [1.165, 1.54) is 6.92 Å². The van der Waals surface area contributed by atoms with Crippen LogP contribution in [0, 0.1) is 19.3 Å². The molecule has 0 spiro atoms. The van der Waals surface area contributed by atoms with Crippen LogP contribution in [0.5, 0.6) is 11.5 Å². The third-order valence-electron chi connectivity index (χ3n) is 7.82. The average Bonchev–Trinajstić information content (AvgIpc) is 3.02. The van der Waals surface area contributed by atoms with Gasteiger partial charge in [-0.1, -0.05) is 45.0 Å². The molecule has 10 heteroatoms. The van der Waals surface area contributed by atoms with E-state index in [4.69, 9.17) is 9.47 Å². The Morgan fingerprint density at radius 1 is 0.851 bits per heavy atom. The first-order chi connectivity index (χ1) is 22.4. The van der Waals surface area contributed by atoms with Crippen LogP contribution in [0.2, 0.25) is 0 Å². The number of benzene rings is 2. The Kier molecular flexibility index (Phi) is 11.4. The van der Waals surface area contributed by atoms with E-state index < -0.39 is 6.04 Å². The van der Waals surface area contributed by atoms with E-state index in [2.05, 4.69) is 52.0 Å². The van der Waals surface area contributed by atoms with Crippen LogP contribution in [-0.4, -0.2) is 48.6 Å². The Hall–Kier alpha value is -5.12. The van der Waals surface area contributed by atoms with Gasteiger partial charge in [-0.3, -0.25) is 9.59 Å². The summed E-state index contributed by atoms with van der Waals surface area (Å²) in [6.45, 7) is 12.4. The number of anilines is 3. The smallest absolute Gasteiger partial charge is 0.272 e. The van der Waals surface area contributed by atoms with E-state index >= 15 is 0 Å². The number of rotatable bonds is 13. The lowest BCUT2D eigenvalue weighted by Crippen LogP contribution is -2.43. The lowest BCUT2D eigenvalue weighted by atomic mass is 9.84. The Balaban J connectivity index is 1.66. The summed E-state index contributed by atoms with van der Waals surface area (Å²) >= 11 is 0. The normalized spacial score (nSPS) is 11.9. The van der Waals surface area contributed by atoms with Crippen LogP contribution >= 0.6 is 0 Å². The van der Waals surface area contributed by atoms with Crippen LogP contribution in [0.15, 0.2) is 72.9 Å². The first-order valence-corrected chi connectivity index (χ1v) is 15.7. The van der Waals surface area contributed by atoms with Crippen molar-refractivity contribution in [3.05, 3.63) is 101 Å². The van der Waals surface area contributed by atoms with Crippen molar-refractivity contribution < 1.29 is 19.1 Å². The highest BCUT2D eigenvalue weighted by Gasteiger charge is 2.25. The molecule has 4 N–H and O–H groups in total. The van der Waals surface area contributed by atoms with E-state index in [9.17, 15) is 9.59 Å². The molecule has 4 rings (SSSR count). The first kappa shape index (κ1) is 34.7. The number of hydrogen-bond donors (Lipinski definition) is 4. The van der Waals surface area contributed by atoms with Crippen molar-refractivity contribution in [3.63, 3.8) is 0 Å². The second kappa shape index (κ2) is 15.4. The van der Waals surface area contributed by atoms with E-state index in [1.54, 1.807) is 20.4 Å². The van der Waals surface area contributed by atoms with E-state index in [-0.39, 0.29) is 29.0 Å². The third kappa shape index (κ3) is 9.68. The highest BCUT2D eigenvalue weighted by molar-refractivity contribution is 5.99. The highest BCUT2D eigenvalue weighted by atomic mass is 16.5. The summed E-state index contributed by atoms with van der Waals surface area (Å²) in [5.74, 6) is 1.62. The molecule has 0 fully saturated rings. The lowest BCUT2D eigenvalue weighted by molar-refractivity contribution is -0.120. The van der Waals surface area contributed by atoms with Gasteiger partial charge in [0.15, 0.2) is 5.69 Å². The number of amides is 2. The van der Waals surface area contributed by atoms with Crippen molar-refractivity contribution in [2.24, 2.45) is 5.41 Å². The standard InChI is InChI=1S/C37H46N6O4/c1-23-19-24(2)40-33(20-23)42-31-21-28(38-18-17-32(37(4,5)6)41-25(3)44)22-39-35(31)36(45)43-34(26-9-13-29(46-7)14-10-26)27-11-15-30(47-8)16-12-27/h9-16,19-22,32,34,38H,17-18H2,1-8H3,(H,40,42)(H,41,44)(H,43,45). The molecule has 4 aromatic rings. The van der Waals surface area contributed by atoms with Gasteiger partial charge in [0.1, 0.15) is 17.3 Å². The van der Waals surface area contributed by atoms with Gasteiger partial charge in [0.05, 0.1) is 37.8 Å². The summed E-state index contributed by atoms with van der Waals surface area (Å²) < 4.78 is 10.7. The fourth-order valence-corrected chi connectivity index (χ4v) is 5.36. The molecule has 0 aliphatic heterocycles. The van der Waals surface area contributed by atoms with E-state index in [0.717, 1.165) is 39.6 Å². The minimum atomic E-state index is -0.478. The average molecular weight is 639 g/mol. The van der Waals surface area contributed by atoms with E-state index in [0.29, 0.717) is 24.5 Å². The van der Waals surface area contributed by atoms with Gasteiger partial charge in [-0.2, -0.15) is 0 Å². The van der Waals surface area contributed by atoms with Gasteiger partial charge < -0.3 is 30.7 Å². The maximum atomic E-state index is 14.1. The second-order valence-corrected chi connectivity index (χ2v) is 12.7. The van der Waals surface area contributed by atoms with Crippen LogP contribution in [0.4, 0.5) is 17.2 Å². The zero-order valence-corrected chi connectivity index (χ0v) is 28.5. The maximum Gasteiger partial charge on any atom is 0.272 e. The first-order valence-electron chi connectivity index (χ1n) is 15.7. The van der Waals surface area contributed by atoms with Crippen molar-refractivity contribution in [1.29, 1.82) is 0 Å². The molecule has 10 nitrogen and oxygen atoms in total. The second-order valence-electron chi connectivity index (χ2n) is 12.7. The summed E-state index contributed by atoms with van der Waals surface area (Å²) in [5.41, 5.74) is 4.98. The molecule has 0 saturated carbocycles. The molecule has 0 saturated heterocycles. The summed E-state index contributed by atoms with van der Waals surface area (Å²) in [5, 5.41) is 13.0. The molecule has 2 aromatic heterocycles. The van der Waals surface area contributed by atoms with Gasteiger partial charge >= 0.3 is 0 Å². The monoisotopic (exact) mass is 638 g/mol. The Labute approximate surface area is 277 Å². The molecule has 2 heterocycles. The summed E-state index contributed by atoms with van der Waals surface area (Å²) in [7, 11) is 3.24. The highest BCUT2D eigenvalue weighted by Crippen LogP contribution is 2.29. The van der Waals surface area contributed by atoms with Crippen molar-refractivity contribution in [2.75, 3.05) is 31.4 Å². The molecular weight excluding hydrogens is 592 g/mol. The Morgan fingerprint density at radius 3 is 1.96 bits per heavy atom. The van der Waals surface area contributed by atoms with Crippen LogP contribution in [0.25, 0.3) is 0 Å². The molecular formula is C37H46N6O4. The van der Waals surface area contributed by atoms with Crippen molar-refractivity contribution >= 4 is 29.0 Å². The Morgan fingerprint density at radius 2 is 1.45 bits per heavy atom. The van der Waals surface area contributed by atoms with Crippen LogP contribution in [-0.2, 0) is 4.79 Å². The SMILES string of the molecule is COc1ccc(C(NC(=O)c2ncc(NCCC(NC(C)=O)C(C)(C)C)cc2Nc2cc(C)cc(C)n2)c2ccc(OC)cc2)cc1. The Bertz CT molecular complexity index is 1600. The molecule has 2 amide bonds. The molecule has 0 aliphatic carbocycles. The summed E-state index contributed by atoms with van der Waals surface area (Å²) in [6.07, 6.45) is 2.35. The fourth-order valence-electron chi connectivity index (χ4n) is 5.36. The minimum Gasteiger partial charge on any atom is -0.497 e. The van der Waals surface area contributed by atoms with Gasteiger partial charge in [-0.05, 0) is 84.8 Å². The van der Waals surface area contributed by atoms with Gasteiger partial charge in [0, 0.05) is 25.2 Å². The van der Waals surface area contributed by atoms with Gasteiger partial charge in [0.2, 0.25) is 5.91 Å². The molecule has 0 radical (unpaired) electrons. The number of aromatic nitrogens is 2. The quantitative estimate of drug-likeness (QED) is 0.127. The number of nitrogens with zero attached hydrogens (tertiary/aromatic N) is 2. The third-order valence-corrected chi connectivity index (χ3v) is 7.82. The molecule has 1 atom stereocenters. The fraction of sp³-hybridized carbons (Fsp3) is 0.351. The van der Waals surface area contributed by atoms with Crippen molar-refractivity contribution in [3.8, 4) is 11.5 Å². The number of carbonyl (C=O) groups is 2. The molecule has 0 bridgehead atoms. The minimum absolute atomic E-state index is 0.0181. The van der Waals surface area contributed by atoms with Crippen LogP contribution < -0.4 is 30.7 Å². The number of pyridine rings is 2. The lowest BCUT2D eigenvalue weighted by Gasteiger charge is -2.31. The number of nitrogens with one attached hydrogen (secondary N) is 4. The molecule has 47 heavy (non-hydrogen) atoms. The predicted molar refractivity (Wildman–Crippen MR) is 187 cm³/mol. The van der Waals surface area contributed by atoms with Gasteiger partial charge in [-0.25, -0.2) is 9.97 Å². The topological polar surface area (TPSA) is 126 Å². The summed E-state index contributed by atoms with van der Waals surface area (Å²) in [6, 6.07) is 20.5. The zero-order valence-electron chi connectivity index (χ0n) is 28.5. The number of methoxy groups -OCH3 is 2.